The zero-order chi connectivity index (χ0) is 15.2. The fourth-order valence-corrected chi connectivity index (χ4v) is 2.99. The Morgan fingerprint density at radius 3 is 2.73 bits per heavy atom. The molecule has 3 rings (SSSR count). The maximum Gasteiger partial charge on any atom is 0.225 e. The van der Waals surface area contributed by atoms with E-state index in [1.165, 1.54) is 0 Å². The number of nitrogens with one attached hydrogen (secondary N) is 2. The molecule has 3 heterocycles. The highest BCUT2D eigenvalue weighted by molar-refractivity contribution is 5.79. The molecule has 2 saturated heterocycles. The van der Waals surface area contributed by atoms with Gasteiger partial charge in [0.2, 0.25) is 11.9 Å². The van der Waals surface area contributed by atoms with Gasteiger partial charge < -0.3 is 15.5 Å². The summed E-state index contributed by atoms with van der Waals surface area (Å²) in [5.41, 5.74) is 0. The third-order valence-corrected chi connectivity index (χ3v) is 4.37. The Balaban J connectivity index is 1.35. The Hall–Kier alpha value is -1.73. The summed E-state index contributed by atoms with van der Waals surface area (Å²) in [6, 6.07) is 1.84. The topological polar surface area (TPSA) is 73.4 Å². The minimum atomic E-state index is 0.159. The quantitative estimate of drug-likeness (QED) is 0.751. The lowest BCUT2D eigenvalue weighted by molar-refractivity contribution is -0.124. The van der Waals surface area contributed by atoms with Gasteiger partial charge in [0.25, 0.3) is 0 Å². The average molecular weight is 304 g/mol. The second kappa shape index (κ2) is 7.51. The molecule has 2 fully saturated rings. The van der Waals surface area contributed by atoms with Gasteiger partial charge in [-0.25, -0.2) is 9.97 Å². The second-order valence-corrected chi connectivity index (χ2v) is 5.86. The number of amides is 1. The van der Waals surface area contributed by atoms with Crippen molar-refractivity contribution in [2.75, 3.05) is 57.3 Å². The van der Waals surface area contributed by atoms with Gasteiger partial charge in [0.1, 0.15) is 0 Å². The highest BCUT2D eigenvalue weighted by atomic mass is 16.1. The molecule has 2 aliphatic heterocycles. The van der Waals surface area contributed by atoms with Crippen LogP contribution in [0.1, 0.15) is 6.42 Å². The molecule has 1 unspecified atom stereocenters. The van der Waals surface area contributed by atoms with Crippen molar-refractivity contribution in [1.82, 2.24) is 25.5 Å². The first-order valence-electron chi connectivity index (χ1n) is 8.05. The summed E-state index contributed by atoms with van der Waals surface area (Å²) in [5, 5.41) is 6.28. The second-order valence-electron chi connectivity index (χ2n) is 5.86. The highest BCUT2D eigenvalue weighted by Gasteiger charge is 2.22. The first-order valence-corrected chi connectivity index (χ1v) is 8.05. The minimum absolute atomic E-state index is 0.159. The van der Waals surface area contributed by atoms with Crippen LogP contribution in [0.2, 0.25) is 0 Å². The maximum atomic E-state index is 11.9. The highest BCUT2D eigenvalue weighted by Crippen LogP contribution is 2.09. The normalized spacial score (nSPS) is 22.7. The molecular formula is C15H24N6O. The van der Waals surface area contributed by atoms with E-state index >= 15 is 0 Å². The van der Waals surface area contributed by atoms with E-state index in [1.807, 2.05) is 6.07 Å². The number of carbonyl (C=O) groups is 1. The van der Waals surface area contributed by atoms with Crippen LogP contribution >= 0.6 is 0 Å². The summed E-state index contributed by atoms with van der Waals surface area (Å²) >= 11 is 0. The standard InChI is InChI=1S/C15H24N6O/c22-14(13-2-5-16-12-13)17-6-7-20-8-10-21(11-9-20)15-18-3-1-4-19-15/h1,3-4,13,16H,2,5-12H2,(H,17,22). The van der Waals surface area contributed by atoms with E-state index in [9.17, 15) is 4.79 Å². The van der Waals surface area contributed by atoms with Gasteiger partial charge in [-0.3, -0.25) is 9.69 Å². The van der Waals surface area contributed by atoms with Crippen LogP contribution in [0.3, 0.4) is 0 Å². The van der Waals surface area contributed by atoms with Crippen LogP contribution in [0.4, 0.5) is 5.95 Å². The Morgan fingerprint density at radius 2 is 2.05 bits per heavy atom. The molecule has 7 heteroatoms. The summed E-state index contributed by atoms with van der Waals surface area (Å²) in [7, 11) is 0. The molecule has 1 aromatic rings. The number of hydrogen-bond donors (Lipinski definition) is 2. The van der Waals surface area contributed by atoms with Gasteiger partial charge in [0, 0.05) is 58.2 Å². The largest absolute Gasteiger partial charge is 0.355 e. The van der Waals surface area contributed by atoms with Crippen molar-refractivity contribution in [2.24, 2.45) is 5.92 Å². The van der Waals surface area contributed by atoms with E-state index in [0.29, 0.717) is 0 Å². The summed E-state index contributed by atoms with van der Waals surface area (Å²) in [6.45, 7) is 7.27. The molecule has 0 saturated carbocycles. The molecule has 2 N–H and O–H groups in total. The van der Waals surface area contributed by atoms with Crippen molar-refractivity contribution in [2.45, 2.75) is 6.42 Å². The molecule has 0 spiro atoms. The monoisotopic (exact) mass is 304 g/mol. The van der Waals surface area contributed by atoms with Crippen LogP contribution in [-0.2, 0) is 4.79 Å². The van der Waals surface area contributed by atoms with Crippen LogP contribution in [-0.4, -0.2) is 73.1 Å². The molecule has 22 heavy (non-hydrogen) atoms. The Labute approximate surface area is 131 Å². The lowest BCUT2D eigenvalue weighted by Crippen LogP contribution is -2.49. The molecule has 0 aliphatic carbocycles. The van der Waals surface area contributed by atoms with Gasteiger partial charge in [-0.15, -0.1) is 0 Å². The molecule has 0 radical (unpaired) electrons. The number of rotatable bonds is 5. The van der Waals surface area contributed by atoms with Crippen molar-refractivity contribution >= 4 is 11.9 Å². The van der Waals surface area contributed by atoms with Crippen molar-refractivity contribution in [3.05, 3.63) is 18.5 Å². The van der Waals surface area contributed by atoms with E-state index in [0.717, 1.165) is 64.7 Å². The number of aromatic nitrogens is 2. The van der Waals surface area contributed by atoms with Gasteiger partial charge in [-0.2, -0.15) is 0 Å². The SMILES string of the molecule is O=C(NCCN1CCN(c2ncccn2)CC1)C1CCNC1. The van der Waals surface area contributed by atoms with Gasteiger partial charge in [-0.05, 0) is 19.0 Å². The van der Waals surface area contributed by atoms with E-state index in [4.69, 9.17) is 0 Å². The Morgan fingerprint density at radius 1 is 1.27 bits per heavy atom. The van der Waals surface area contributed by atoms with E-state index in [-0.39, 0.29) is 11.8 Å². The lowest BCUT2D eigenvalue weighted by Gasteiger charge is -2.34. The van der Waals surface area contributed by atoms with Gasteiger partial charge >= 0.3 is 0 Å². The molecular weight excluding hydrogens is 280 g/mol. The van der Waals surface area contributed by atoms with Crippen molar-refractivity contribution in [3.63, 3.8) is 0 Å². The predicted molar refractivity (Wildman–Crippen MR) is 84.7 cm³/mol. The smallest absolute Gasteiger partial charge is 0.225 e. The third-order valence-electron chi connectivity index (χ3n) is 4.37. The van der Waals surface area contributed by atoms with Crippen LogP contribution < -0.4 is 15.5 Å². The number of nitrogens with zero attached hydrogens (tertiary/aromatic N) is 4. The summed E-state index contributed by atoms with van der Waals surface area (Å²) in [5.74, 6) is 1.16. The summed E-state index contributed by atoms with van der Waals surface area (Å²) < 4.78 is 0. The van der Waals surface area contributed by atoms with Crippen molar-refractivity contribution in [1.29, 1.82) is 0 Å². The summed E-state index contributed by atoms with van der Waals surface area (Å²) in [4.78, 5) is 25.1. The molecule has 0 bridgehead atoms. The first-order chi connectivity index (χ1) is 10.8. The Kier molecular flexibility index (Phi) is 5.18. The van der Waals surface area contributed by atoms with Crippen LogP contribution in [0.5, 0.6) is 0 Å². The zero-order valence-electron chi connectivity index (χ0n) is 12.9. The van der Waals surface area contributed by atoms with E-state index < -0.39 is 0 Å². The van der Waals surface area contributed by atoms with Crippen LogP contribution in [0.15, 0.2) is 18.5 Å². The first kappa shape index (κ1) is 15.2. The summed E-state index contributed by atoms with van der Waals surface area (Å²) in [6.07, 6.45) is 4.52. The lowest BCUT2D eigenvalue weighted by atomic mass is 10.1. The molecule has 2 aliphatic rings. The van der Waals surface area contributed by atoms with Gasteiger partial charge in [-0.1, -0.05) is 0 Å². The molecule has 120 valence electrons. The zero-order valence-corrected chi connectivity index (χ0v) is 12.9. The van der Waals surface area contributed by atoms with Gasteiger partial charge in [0.15, 0.2) is 0 Å². The van der Waals surface area contributed by atoms with Crippen molar-refractivity contribution in [3.8, 4) is 0 Å². The fourth-order valence-electron chi connectivity index (χ4n) is 2.99. The van der Waals surface area contributed by atoms with Crippen LogP contribution in [0, 0.1) is 5.92 Å². The number of piperazine rings is 1. The molecule has 7 nitrogen and oxygen atoms in total. The molecule has 0 aromatic carbocycles. The van der Waals surface area contributed by atoms with Crippen molar-refractivity contribution < 1.29 is 4.79 Å². The van der Waals surface area contributed by atoms with Gasteiger partial charge in [0.05, 0.1) is 5.92 Å². The fraction of sp³-hybridized carbons (Fsp3) is 0.667. The molecule has 1 amide bonds. The Bertz CT molecular complexity index is 468. The minimum Gasteiger partial charge on any atom is -0.355 e. The third kappa shape index (κ3) is 3.92. The number of carbonyl (C=O) groups excluding carboxylic acids is 1. The van der Waals surface area contributed by atoms with Crippen LogP contribution in [0.25, 0.3) is 0 Å². The number of hydrogen-bond acceptors (Lipinski definition) is 6. The van der Waals surface area contributed by atoms with E-state index in [2.05, 4.69) is 30.4 Å². The molecule has 1 atom stereocenters. The van der Waals surface area contributed by atoms with E-state index in [1.54, 1.807) is 12.4 Å². The average Bonchev–Trinajstić information content (AvgIpc) is 3.11. The predicted octanol–water partition coefficient (Wildman–Crippen LogP) is -0.676. The maximum absolute atomic E-state index is 11.9. The molecule has 1 aromatic heterocycles. The number of anilines is 1.